The second kappa shape index (κ2) is 6.76. The number of thiocarbonyl (C=S) groups is 1. The average Bonchev–Trinajstić information content (AvgIpc) is 2.48. The van der Waals surface area contributed by atoms with Gasteiger partial charge >= 0.3 is 5.24 Å². The van der Waals surface area contributed by atoms with Gasteiger partial charge in [-0.3, -0.25) is 10.1 Å². The predicted octanol–water partition coefficient (Wildman–Crippen LogP) is 3.61. The van der Waals surface area contributed by atoms with E-state index in [2.05, 4.69) is 0 Å². The van der Waals surface area contributed by atoms with Crippen molar-refractivity contribution < 1.29 is 18.8 Å². The summed E-state index contributed by atoms with van der Waals surface area (Å²) in [4.78, 5) is 10.0. The zero-order valence-electron chi connectivity index (χ0n) is 10.7. The summed E-state index contributed by atoms with van der Waals surface area (Å²) in [6.07, 6.45) is 0. The molecule has 0 N–H and O–H groups in total. The lowest BCUT2D eigenvalue weighted by atomic mass is 10.2. The minimum atomic E-state index is -0.479. The Kier molecular flexibility index (Phi) is 4.78. The second-order valence-corrected chi connectivity index (χ2v) is 4.35. The van der Waals surface area contributed by atoms with Crippen molar-refractivity contribution >= 4 is 23.1 Å². The van der Waals surface area contributed by atoms with Gasteiger partial charge in [-0.2, -0.15) is 0 Å². The van der Waals surface area contributed by atoms with Gasteiger partial charge in [0.2, 0.25) is 0 Å². The Labute approximate surface area is 125 Å². The number of halogens is 1. The zero-order valence-corrected chi connectivity index (χ0v) is 11.5. The van der Waals surface area contributed by atoms with Crippen molar-refractivity contribution in [3.05, 3.63) is 70.0 Å². The van der Waals surface area contributed by atoms with Gasteiger partial charge in [-0.15, -0.1) is 0 Å². The summed E-state index contributed by atoms with van der Waals surface area (Å²) < 4.78 is 23.1. The van der Waals surface area contributed by atoms with Crippen LogP contribution in [0.2, 0.25) is 0 Å². The molecule has 7 heteroatoms. The van der Waals surface area contributed by atoms with Crippen molar-refractivity contribution in [2.24, 2.45) is 0 Å². The minimum absolute atomic E-state index is 0.00360. The molecule has 0 saturated carbocycles. The highest BCUT2D eigenvalue weighted by molar-refractivity contribution is 7.79. The second-order valence-electron chi connectivity index (χ2n) is 4.02. The Bertz CT molecular complexity index is 643. The first kappa shape index (κ1) is 14.9. The lowest BCUT2D eigenvalue weighted by Crippen LogP contribution is -2.10. The van der Waals surface area contributed by atoms with E-state index in [0.29, 0.717) is 11.3 Å². The van der Waals surface area contributed by atoms with Gasteiger partial charge in [0.1, 0.15) is 18.2 Å². The smallest absolute Gasteiger partial charge is 0.358 e. The first-order valence-corrected chi connectivity index (χ1v) is 6.29. The number of nitro groups is 1. The van der Waals surface area contributed by atoms with Crippen LogP contribution in [0.3, 0.4) is 0 Å². The molecule has 0 amide bonds. The van der Waals surface area contributed by atoms with Crippen molar-refractivity contribution in [3.63, 3.8) is 0 Å². The monoisotopic (exact) mass is 307 g/mol. The van der Waals surface area contributed by atoms with Gasteiger partial charge in [-0.05, 0) is 42.0 Å². The summed E-state index contributed by atoms with van der Waals surface area (Å²) in [6, 6.07) is 11.2. The van der Waals surface area contributed by atoms with E-state index in [4.69, 9.17) is 21.7 Å². The number of non-ortho nitro benzene ring substituents is 1. The molecule has 0 unspecified atom stereocenters. The molecule has 2 aromatic rings. The third-order valence-corrected chi connectivity index (χ3v) is 2.72. The molecule has 2 aromatic carbocycles. The summed E-state index contributed by atoms with van der Waals surface area (Å²) in [5.74, 6) is -0.00911. The molecular weight excluding hydrogens is 297 g/mol. The van der Waals surface area contributed by atoms with Crippen molar-refractivity contribution in [2.75, 3.05) is 0 Å². The highest BCUT2D eigenvalue weighted by atomic mass is 32.1. The van der Waals surface area contributed by atoms with Crippen LogP contribution >= 0.6 is 12.2 Å². The molecule has 0 atom stereocenters. The van der Waals surface area contributed by atoms with Crippen molar-refractivity contribution in [1.82, 2.24) is 0 Å². The molecule has 0 heterocycles. The fraction of sp³-hybridized carbons (Fsp3) is 0.0714. The van der Waals surface area contributed by atoms with Gasteiger partial charge in [0, 0.05) is 24.4 Å². The number of nitro benzene ring substituents is 1. The number of benzene rings is 2. The molecule has 0 aliphatic carbocycles. The van der Waals surface area contributed by atoms with E-state index >= 15 is 0 Å². The number of hydrogen-bond donors (Lipinski definition) is 0. The molecule has 0 aliphatic rings. The Morgan fingerprint density at radius 2 is 1.76 bits per heavy atom. The van der Waals surface area contributed by atoms with Crippen LogP contribution < -0.4 is 4.74 Å². The minimum Gasteiger partial charge on any atom is -0.452 e. The van der Waals surface area contributed by atoms with Gasteiger partial charge in [0.15, 0.2) is 0 Å². The predicted molar refractivity (Wildman–Crippen MR) is 77.5 cm³/mol. The van der Waals surface area contributed by atoms with Gasteiger partial charge in [0.25, 0.3) is 5.69 Å². The Hall–Kier alpha value is -2.54. The van der Waals surface area contributed by atoms with Crippen LogP contribution in [0.5, 0.6) is 5.75 Å². The molecule has 0 aromatic heterocycles. The van der Waals surface area contributed by atoms with Crippen LogP contribution in [-0.4, -0.2) is 10.2 Å². The molecule has 0 radical (unpaired) electrons. The molecule has 108 valence electrons. The number of ether oxygens (including phenoxy) is 2. The van der Waals surface area contributed by atoms with E-state index in [1.165, 1.54) is 36.4 Å². The van der Waals surface area contributed by atoms with Crippen molar-refractivity contribution in [1.29, 1.82) is 0 Å². The molecule has 0 spiro atoms. The van der Waals surface area contributed by atoms with Crippen LogP contribution in [0, 0.1) is 15.9 Å². The maximum atomic E-state index is 12.7. The van der Waals surface area contributed by atoms with Gasteiger partial charge in [0.05, 0.1) is 4.92 Å². The summed E-state index contributed by atoms with van der Waals surface area (Å²) >= 11 is 4.89. The SMILES string of the molecule is O=[N+]([O-])c1ccc(COC(=S)Oc2ccc(F)cc2)cc1. The fourth-order valence-electron chi connectivity index (χ4n) is 1.48. The quantitative estimate of drug-likeness (QED) is 0.490. The standard InChI is InChI=1S/C14H10FNO4S/c15-11-3-7-13(8-4-11)20-14(21)19-9-10-1-5-12(6-2-10)16(17)18/h1-8H,9H2. The Morgan fingerprint density at radius 1 is 1.14 bits per heavy atom. The van der Waals surface area contributed by atoms with E-state index in [-0.39, 0.29) is 23.3 Å². The summed E-state index contributed by atoms with van der Waals surface area (Å²) in [5.41, 5.74) is 0.717. The average molecular weight is 307 g/mol. The molecule has 0 aliphatic heterocycles. The summed E-state index contributed by atoms with van der Waals surface area (Å²) in [7, 11) is 0. The van der Waals surface area contributed by atoms with E-state index in [9.17, 15) is 14.5 Å². The van der Waals surface area contributed by atoms with Crippen molar-refractivity contribution in [3.8, 4) is 5.75 Å². The Morgan fingerprint density at radius 3 is 2.33 bits per heavy atom. The van der Waals surface area contributed by atoms with E-state index in [1.54, 1.807) is 12.1 Å². The van der Waals surface area contributed by atoms with Crippen LogP contribution in [0.1, 0.15) is 5.56 Å². The normalized spacial score (nSPS) is 9.95. The van der Waals surface area contributed by atoms with Crippen molar-refractivity contribution in [2.45, 2.75) is 6.61 Å². The third kappa shape index (κ3) is 4.50. The zero-order chi connectivity index (χ0) is 15.2. The molecule has 2 rings (SSSR count). The van der Waals surface area contributed by atoms with Crippen LogP contribution in [-0.2, 0) is 11.3 Å². The maximum absolute atomic E-state index is 12.7. The molecule has 0 fully saturated rings. The largest absolute Gasteiger partial charge is 0.452 e. The van der Waals surface area contributed by atoms with E-state index in [1.807, 2.05) is 0 Å². The highest BCUT2D eigenvalue weighted by Gasteiger charge is 2.06. The van der Waals surface area contributed by atoms with Gasteiger partial charge in [-0.25, -0.2) is 4.39 Å². The molecule has 21 heavy (non-hydrogen) atoms. The topological polar surface area (TPSA) is 61.6 Å². The molecule has 0 bridgehead atoms. The highest BCUT2D eigenvalue weighted by Crippen LogP contribution is 2.14. The van der Waals surface area contributed by atoms with Crippen LogP contribution in [0.25, 0.3) is 0 Å². The van der Waals surface area contributed by atoms with Crippen LogP contribution in [0.15, 0.2) is 48.5 Å². The number of nitrogens with zero attached hydrogens (tertiary/aromatic N) is 1. The first-order chi connectivity index (χ1) is 10.0. The van der Waals surface area contributed by atoms with Crippen LogP contribution in [0.4, 0.5) is 10.1 Å². The fourth-order valence-corrected chi connectivity index (χ4v) is 1.64. The van der Waals surface area contributed by atoms with Gasteiger partial charge in [-0.1, -0.05) is 0 Å². The summed E-state index contributed by atoms with van der Waals surface area (Å²) in [6.45, 7) is 0.123. The lowest BCUT2D eigenvalue weighted by molar-refractivity contribution is -0.384. The third-order valence-electron chi connectivity index (χ3n) is 2.52. The first-order valence-electron chi connectivity index (χ1n) is 5.88. The Balaban J connectivity index is 1.86. The molecule has 5 nitrogen and oxygen atoms in total. The summed E-state index contributed by atoms with van der Waals surface area (Å²) in [5, 5.41) is 10.4. The molecular formula is C14H10FNO4S. The maximum Gasteiger partial charge on any atom is 0.358 e. The molecule has 0 saturated heterocycles. The van der Waals surface area contributed by atoms with Gasteiger partial charge < -0.3 is 9.47 Å². The van der Waals surface area contributed by atoms with E-state index < -0.39 is 4.92 Å². The number of rotatable bonds is 4. The van der Waals surface area contributed by atoms with E-state index in [0.717, 1.165) is 0 Å². The lowest BCUT2D eigenvalue weighted by Gasteiger charge is -2.08. The number of hydrogen-bond acceptors (Lipinski definition) is 5.